The van der Waals surface area contributed by atoms with Crippen LogP contribution in [0, 0.1) is 11.3 Å². The van der Waals surface area contributed by atoms with Gasteiger partial charge in [-0.05, 0) is 32.1 Å². The Labute approximate surface area is 110 Å². The second-order valence-corrected chi connectivity index (χ2v) is 6.60. The maximum absolute atomic E-state index is 12.1. The van der Waals surface area contributed by atoms with Crippen LogP contribution in [0.4, 0.5) is 0 Å². The molecule has 0 aliphatic carbocycles. The lowest BCUT2D eigenvalue weighted by molar-refractivity contribution is -0.125. The van der Waals surface area contributed by atoms with Crippen molar-refractivity contribution in [3.05, 3.63) is 0 Å². The molecule has 0 heterocycles. The lowest BCUT2D eigenvalue weighted by atomic mass is 9.81. The predicted octanol–water partition coefficient (Wildman–Crippen LogP) is 2.09. The van der Waals surface area contributed by atoms with E-state index in [1.807, 2.05) is 20.8 Å². The van der Waals surface area contributed by atoms with Crippen molar-refractivity contribution in [3.8, 4) is 0 Å². The standard InChI is InChI=1S/C13H27N3O2/c1-7-9(10(14)16-18)11(17)15-13(5,6)8-12(2,3)4/h9,18H,7-8H2,1-6H3,(H2,14,16)(H,15,17). The van der Waals surface area contributed by atoms with Crippen LogP contribution in [0.3, 0.4) is 0 Å². The summed E-state index contributed by atoms with van der Waals surface area (Å²) in [5.41, 5.74) is 5.31. The first kappa shape index (κ1) is 16.7. The first-order valence-corrected chi connectivity index (χ1v) is 6.32. The van der Waals surface area contributed by atoms with Crippen molar-refractivity contribution in [3.63, 3.8) is 0 Å². The quantitative estimate of drug-likeness (QED) is 0.305. The smallest absolute Gasteiger partial charge is 0.231 e. The summed E-state index contributed by atoms with van der Waals surface area (Å²) < 4.78 is 0. The Hall–Kier alpha value is -1.26. The molecule has 0 spiro atoms. The number of hydrogen-bond acceptors (Lipinski definition) is 3. The summed E-state index contributed by atoms with van der Waals surface area (Å²) in [6.45, 7) is 12.2. The van der Waals surface area contributed by atoms with Crippen LogP contribution in [0.5, 0.6) is 0 Å². The monoisotopic (exact) mass is 257 g/mol. The molecule has 5 heteroatoms. The number of nitrogens with one attached hydrogen (secondary N) is 1. The fraction of sp³-hybridized carbons (Fsp3) is 0.846. The molecule has 0 aliphatic rings. The highest BCUT2D eigenvalue weighted by Gasteiger charge is 2.30. The average Bonchev–Trinajstić information content (AvgIpc) is 2.13. The van der Waals surface area contributed by atoms with Gasteiger partial charge in [-0.1, -0.05) is 32.9 Å². The van der Waals surface area contributed by atoms with E-state index in [1.54, 1.807) is 0 Å². The Morgan fingerprint density at radius 1 is 1.33 bits per heavy atom. The molecule has 0 aromatic rings. The molecular weight excluding hydrogens is 230 g/mol. The van der Waals surface area contributed by atoms with Gasteiger partial charge in [-0.3, -0.25) is 4.79 Å². The van der Waals surface area contributed by atoms with Crippen molar-refractivity contribution >= 4 is 11.7 Å². The topological polar surface area (TPSA) is 87.7 Å². The van der Waals surface area contributed by atoms with Crippen molar-refractivity contribution < 1.29 is 10.0 Å². The van der Waals surface area contributed by atoms with E-state index in [9.17, 15) is 4.79 Å². The van der Waals surface area contributed by atoms with Crippen LogP contribution in [0.2, 0.25) is 0 Å². The van der Waals surface area contributed by atoms with Crippen LogP contribution in [-0.4, -0.2) is 22.5 Å². The van der Waals surface area contributed by atoms with E-state index >= 15 is 0 Å². The zero-order valence-corrected chi connectivity index (χ0v) is 12.4. The van der Waals surface area contributed by atoms with Crippen molar-refractivity contribution in [1.29, 1.82) is 0 Å². The average molecular weight is 257 g/mol. The first-order valence-electron chi connectivity index (χ1n) is 6.32. The first-order chi connectivity index (χ1) is 8.02. The highest BCUT2D eigenvalue weighted by atomic mass is 16.4. The molecule has 1 unspecified atom stereocenters. The second-order valence-electron chi connectivity index (χ2n) is 6.60. The number of nitrogens with zero attached hydrogens (tertiary/aromatic N) is 1. The van der Waals surface area contributed by atoms with E-state index in [2.05, 4.69) is 31.2 Å². The lowest BCUT2D eigenvalue weighted by Crippen LogP contribution is -2.50. The number of carbonyl (C=O) groups is 1. The fourth-order valence-corrected chi connectivity index (χ4v) is 2.39. The zero-order valence-electron chi connectivity index (χ0n) is 12.4. The minimum atomic E-state index is -0.575. The molecule has 0 saturated carbocycles. The number of carbonyl (C=O) groups excluding carboxylic acids is 1. The molecular formula is C13H27N3O2. The Balaban J connectivity index is 4.73. The molecule has 18 heavy (non-hydrogen) atoms. The van der Waals surface area contributed by atoms with E-state index in [0.717, 1.165) is 6.42 Å². The molecule has 0 aromatic carbocycles. The van der Waals surface area contributed by atoms with Crippen molar-refractivity contribution in [1.82, 2.24) is 5.32 Å². The number of hydrogen-bond donors (Lipinski definition) is 3. The van der Waals surface area contributed by atoms with Gasteiger partial charge < -0.3 is 16.3 Å². The maximum Gasteiger partial charge on any atom is 0.231 e. The molecule has 4 N–H and O–H groups in total. The number of rotatable bonds is 5. The molecule has 1 atom stereocenters. The predicted molar refractivity (Wildman–Crippen MR) is 73.5 cm³/mol. The van der Waals surface area contributed by atoms with Gasteiger partial charge in [0.2, 0.25) is 5.91 Å². The van der Waals surface area contributed by atoms with Gasteiger partial charge in [0.15, 0.2) is 5.84 Å². The summed E-state index contributed by atoms with van der Waals surface area (Å²) in [4.78, 5) is 12.1. The molecule has 106 valence electrons. The maximum atomic E-state index is 12.1. The van der Waals surface area contributed by atoms with Gasteiger partial charge >= 0.3 is 0 Å². The highest BCUT2D eigenvalue weighted by molar-refractivity contribution is 6.02. The summed E-state index contributed by atoms with van der Waals surface area (Å²) in [5.74, 6) is -0.808. The van der Waals surface area contributed by atoms with E-state index in [-0.39, 0.29) is 22.7 Å². The summed E-state index contributed by atoms with van der Waals surface area (Å²) in [6, 6.07) is 0. The molecule has 0 rings (SSSR count). The number of amides is 1. The molecule has 0 radical (unpaired) electrons. The minimum absolute atomic E-state index is 0.0402. The highest BCUT2D eigenvalue weighted by Crippen LogP contribution is 2.27. The van der Waals surface area contributed by atoms with Gasteiger partial charge in [0.25, 0.3) is 0 Å². The summed E-state index contributed by atoms with van der Waals surface area (Å²) in [7, 11) is 0. The molecule has 0 saturated heterocycles. The van der Waals surface area contributed by atoms with Gasteiger partial charge in [0, 0.05) is 5.54 Å². The molecule has 5 nitrogen and oxygen atoms in total. The normalized spacial score (nSPS) is 15.3. The van der Waals surface area contributed by atoms with Crippen LogP contribution >= 0.6 is 0 Å². The number of oxime groups is 1. The van der Waals surface area contributed by atoms with Gasteiger partial charge in [-0.25, -0.2) is 0 Å². The summed E-state index contributed by atoms with van der Waals surface area (Å²) >= 11 is 0. The molecule has 1 amide bonds. The lowest BCUT2D eigenvalue weighted by Gasteiger charge is -2.34. The minimum Gasteiger partial charge on any atom is -0.409 e. The Kier molecular flexibility index (Phi) is 5.64. The van der Waals surface area contributed by atoms with Crippen LogP contribution in [-0.2, 0) is 4.79 Å². The Bertz CT molecular complexity index is 317. The van der Waals surface area contributed by atoms with Crippen LogP contribution in [0.1, 0.15) is 54.4 Å². The third kappa shape index (κ3) is 5.89. The van der Waals surface area contributed by atoms with Crippen molar-refractivity contribution in [2.75, 3.05) is 0 Å². The Morgan fingerprint density at radius 3 is 2.17 bits per heavy atom. The molecule has 0 aromatic heterocycles. The largest absolute Gasteiger partial charge is 0.409 e. The summed E-state index contributed by atoms with van der Waals surface area (Å²) in [6.07, 6.45) is 1.35. The van der Waals surface area contributed by atoms with E-state index in [0.29, 0.717) is 6.42 Å². The van der Waals surface area contributed by atoms with E-state index in [4.69, 9.17) is 10.9 Å². The van der Waals surface area contributed by atoms with Crippen LogP contribution in [0.25, 0.3) is 0 Å². The van der Waals surface area contributed by atoms with Gasteiger partial charge in [0.05, 0.1) is 5.92 Å². The third-order valence-electron chi connectivity index (χ3n) is 2.63. The SMILES string of the molecule is CCC(C(=O)NC(C)(C)CC(C)(C)C)C(N)=NO. The molecule has 0 aliphatic heterocycles. The van der Waals surface area contributed by atoms with Crippen molar-refractivity contribution in [2.45, 2.75) is 59.9 Å². The van der Waals surface area contributed by atoms with E-state index in [1.165, 1.54) is 0 Å². The zero-order chi connectivity index (χ0) is 14.6. The van der Waals surface area contributed by atoms with Crippen LogP contribution < -0.4 is 11.1 Å². The van der Waals surface area contributed by atoms with Gasteiger partial charge in [-0.2, -0.15) is 0 Å². The third-order valence-corrected chi connectivity index (χ3v) is 2.63. The summed E-state index contributed by atoms with van der Waals surface area (Å²) in [5, 5.41) is 14.5. The van der Waals surface area contributed by atoms with Gasteiger partial charge in [-0.15, -0.1) is 0 Å². The fourth-order valence-electron chi connectivity index (χ4n) is 2.39. The number of amidine groups is 1. The second kappa shape index (κ2) is 6.07. The molecule has 0 bridgehead atoms. The van der Waals surface area contributed by atoms with Gasteiger partial charge in [0.1, 0.15) is 0 Å². The molecule has 0 fully saturated rings. The Morgan fingerprint density at radius 2 is 1.83 bits per heavy atom. The van der Waals surface area contributed by atoms with Crippen LogP contribution in [0.15, 0.2) is 5.16 Å². The van der Waals surface area contributed by atoms with Crippen molar-refractivity contribution in [2.24, 2.45) is 22.2 Å². The number of nitrogens with two attached hydrogens (primary N) is 1. The van der Waals surface area contributed by atoms with E-state index < -0.39 is 5.92 Å².